The lowest BCUT2D eigenvalue weighted by molar-refractivity contribution is -0.431. The molecule has 1 amide bonds. The number of carbonyl (C=O) groups is 1. The van der Waals surface area contributed by atoms with Gasteiger partial charge in [-0.1, -0.05) is 30.3 Å². The highest BCUT2D eigenvalue weighted by Crippen LogP contribution is 2.07. The minimum atomic E-state index is -0.422. The monoisotopic (exact) mass is 195 g/mol. The summed E-state index contributed by atoms with van der Waals surface area (Å²) in [6.07, 6.45) is -0.422. The second-order valence-electron chi connectivity index (χ2n) is 2.96. The molecule has 1 aromatic rings. The molecule has 0 unspecified atom stereocenters. The van der Waals surface area contributed by atoms with Crippen molar-refractivity contribution in [1.29, 1.82) is 0 Å². The SMILES string of the molecule is CNC(=O)OC[C@H]([NH3+])c1ccccc1. The van der Waals surface area contributed by atoms with Crippen LogP contribution in [0.25, 0.3) is 0 Å². The van der Waals surface area contributed by atoms with E-state index < -0.39 is 6.09 Å². The molecule has 76 valence electrons. The van der Waals surface area contributed by atoms with Crippen LogP contribution in [-0.4, -0.2) is 19.7 Å². The minimum Gasteiger partial charge on any atom is -0.443 e. The Morgan fingerprint density at radius 2 is 2.14 bits per heavy atom. The maximum Gasteiger partial charge on any atom is 0.407 e. The van der Waals surface area contributed by atoms with Crippen molar-refractivity contribution < 1.29 is 15.3 Å². The molecule has 0 saturated carbocycles. The number of carbonyl (C=O) groups excluding carboxylic acids is 1. The molecule has 4 N–H and O–H groups in total. The summed E-state index contributed by atoms with van der Waals surface area (Å²) in [5.41, 5.74) is 4.98. The molecule has 0 saturated heterocycles. The van der Waals surface area contributed by atoms with E-state index >= 15 is 0 Å². The van der Waals surface area contributed by atoms with E-state index in [9.17, 15) is 4.79 Å². The fraction of sp³-hybridized carbons (Fsp3) is 0.300. The Morgan fingerprint density at radius 3 is 2.71 bits per heavy atom. The largest absolute Gasteiger partial charge is 0.443 e. The van der Waals surface area contributed by atoms with Gasteiger partial charge >= 0.3 is 6.09 Å². The Bertz CT molecular complexity index is 287. The summed E-state index contributed by atoms with van der Waals surface area (Å²) in [4.78, 5) is 10.8. The first-order valence-electron chi connectivity index (χ1n) is 4.46. The van der Waals surface area contributed by atoms with Crippen molar-refractivity contribution in [2.75, 3.05) is 13.7 Å². The number of nitrogens with one attached hydrogen (secondary N) is 1. The van der Waals surface area contributed by atoms with Crippen LogP contribution in [0.2, 0.25) is 0 Å². The molecule has 0 aliphatic carbocycles. The third-order valence-corrected chi connectivity index (χ3v) is 1.89. The summed E-state index contributed by atoms with van der Waals surface area (Å²) in [6, 6.07) is 9.72. The smallest absolute Gasteiger partial charge is 0.407 e. The normalized spacial score (nSPS) is 11.9. The van der Waals surface area contributed by atoms with Crippen LogP contribution in [0, 0.1) is 0 Å². The average Bonchev–Trinajstić information content (AvgIpc) is 2.26. The molecule has 0 fully saturated rings. The average molecular weight is 195 g/mol. The zero-order chi connectivity index (χ0) is 10.4. The van der Waals surface area contributed by atoms with Gasteiger partial charge in [0.05, 0.1) is 0 Å². The fourth-order valence-corrected chi connectivity index (χ4v) is 1.07. The summed E-state index contributed by atoms with van der Waals surface area (Å²) in [6.45, 7) is 0.295. The molecule has 0 bridgehead atoms. The summed E-state index contributed by atoms with van der Waals surface area (Å²) < 4.78 is 4.89. The van der Waals surface area contributed by atoms with Gasteiger partial charge in [0.2, 0.25) is 0 Å². The number of ether oxygens (including phenoxy) is 1. The van der Waals surface area contributed by atoms with Gasteiger partial charge in [0, 0.05) is 12.6 Å². The van der Waals surface area contributed by atoms with E-state index in [1.807, 2.05) is 30.3 Å². The fourth-order valence-electron chi connectivity index (χ4n) is 1.07. The number of hydrogen-bond acceptors (Lipinski definition) is 2. The molecule has 0 heterocycles. The number of hydrogen-bond donors (Lipinski definition) is 2. The van der Waals surface area contributed by atoms with Crippen LogP contribution >= 0.6 is 0 Å². The first-order valence-corrected chi connectivity index (χ1v) is 4.46. The molecule has 0 spiro atoms. The summed E-state index contributed by atoms with van der Waals surface area (Å²) >= 11 is 0. The third kappa shape index (κ3) is 3.06. The van der Waals surface area contributed by atoms with Crippen LogP contribution in [0.1, 0.15) is 11.6 Å². The van der Waals surface area contributed by atoms with Crippen molar-refractivity contribution >= 4 is 6.09 Å². The highest BCUT2D eigenvalue weighted by atomic mass is 16.5. The molecule has 0 aromatic heterocycles. The number of rotatable bonds is 3. The molecular weight excluding hydrogens is 180 g/mol. The first-order chi connectivity index (χ1) is 6.74. The molecule has 14 heavy (non-hydrogen) atoms. The van der Waals surface area contributed by atoms with Crippen molar-refractivity contribution in [3.05, 3.63) is 35.9 Å². The van der Waals surface area contributed by atoms with Gasteiger partial charge in [0.25, 0.3) is 0 Å². The standard InChI is InChI=1S/C10H14N2O2/c1-12-10(13)14-7-9(11)8-5-3-2-4-6-8/h2-6,9H,7,11H2,1H3,(H,12,13)/p+1/t9-/m0/s1. The van der Waals surface area contributed by atoms with Crippen molar-refractivity contribution in [1.82, 2.24) is 5.32 Å². The van der Waals surface area contributed by atoms with Gasteiger partial charge in [0.15, 0.2) is 0 Å². The van der Waals surface area contributed by atoms with Gasteiger partial charge in [-0.05, 0) is 0 Å². The van der Waals surface area contributed by atoms with Crippen LogP contribution in [0.4, 0.5) is 4.79 Å². The number of alkyl carbamates (subject to hydrolysis) is 1. The van der Waals surface area contributed by atoms with E-state index in [-0.39, 0.29) is 6.04 Å². The van der Waals surface area contributed by atoms with Gasteiger partial charge in [0.1, 0.15) is 12.6 Å². The summed E-state index contributed by atoms with van der Waals surface area (Å²) in [7, 11) is 1.53. The van der Waals surface area contributed by atoms with Crippen LogP contribution in [0.3, 0.4) is 0 Å². The molecule has 1 aromatic carbocycles. The van der Waals surface area contributed by atoms with E-state index in [1.54, 1.807) is 0 Å². The number of benzene rings is 1. The topological polar surface area (TPSA) is 66.0 Å². The zero-order valence-corrected chi connectivity index (χ0v) is 8.19. The predicted molar refractivity (Wildman–Crippen MR) is 52.5 cm³/mol. The highest BCUT2D eigenvalue weighted by Gasteiger charge is 2.10. The Morgan fingerprint density at radius 1 is 1.50 bits per heavy atom. The molecule has 4 heteroatoms. The summed E-state index contributed by atoms with van der Waals surface area (Å²) in [5.74, 6) is 0. The molecule has 1 atom stereocenters. The van der Waals surface area contributed by atoms with Gasteiger partial charge < -0.3 is 15.8 Å². The van der Waals surface area contributed by atoms with Crippen LogP contribution in [0.5, 0.6) is 0 Å². The molecule has 0 aliphatic heterocycles. The van der Waals surface area contributed by atoms with Gasteiger partial charge in [-0.15, -0.1) is 0 Å². The van der Waals surface area contributed by atoms with Crippen molar-refractivity contribution in [3.8, 4) is 0 Å². The van der Waals surface area contributed by atoms with Gasteiger partial charge in [-0.3, -0.25) is 0 Å². The van der Waals surface area contributed by atoms with Crippen molar-refractivity contribution in [2.24, 2.45) is 0 Å². The van der Waals surface area contributed by atoms with E-state index in [2.05, 4.69) is 11.1 Å². The zero-order valence-electron chi connectivity index (χ0n) is 8.19. The first kappa shape index (κ1) is 10.5. The van der Waals surface area contributed by atoms with E-state index in [1.165, 1.54) is 7.05 Å². The quantitative estimate of drug-likeness (QED) is 0.729. The van der Waals surface area contributed by atoms with Gasteiger partial charge in [-0.25, -0.2) is 4.79 Å². The second-order valence-corrected chi connectivity index (χ2v) is 2.96. The molecule has 4 nitrogen and oxygen atoms in total. The molecule has 0 radical (unpaired) electrons. The van der Waals surface area contributed by atoms with E-state index in [0.29, 0.717) is 6.61 Å². The second kappa shape index (κ2) is 5.24. The van der Waals surface area contributed by atoms with Crippen molar-refractivity contribution in [2.45, 2.75) is 6.04 Å². The lowest BCUT2D eigenvalue weighted by Crippen LogP contribution is -2.56. The minimum absolute atomic E-state index is 0.0199. The van der Waals surface area contributed by atoms with E-state index in [4.69, 9.17) is 4.74 Å². The van der Waals surface area contributed by atoms with Crippen LogP contribution in [0.15, 0.2) is 30.3 Å². The molecule has 0 aliphatic rings. The van der Waals surface area contributed by atoms with Crippen molar-refractivity contribution in [3.63, 3.8) is 0 Å². The van der Waals surface area contributed by atoms with E-state index in [0.717, 1.165) is 5.56 Å². The molecule has 1 rings (SSSR count). The van der Waals surface area contributed by atoms with Crippen LogP contribution in [-0.2, 0) is 4.74 Å². The lowest BCUT2D eigenvalue weighted by atomic mass is 10.1. The Balaban J connectivity index is 2.43. The maximum atomic E-state index is 10.8. The van der Waals surface area contributed by atoms with Crippen LogP contribution < -0.4 is 11.1 Å². The maximum absolute atomic E-state index is 10.8. The molecular formula is C10H15N2O2+. The Labute approximate surface area is 83.1 Å². The van der Waals surface area contributed by atoms with Gasteiger partial charge in [-0.2, -0.15) is 0 Å². The number of amides is 1. The summed E-state index contributed by atoms with van der Waals surface area (Å²) in [5, 5.41) is 2.38. The Hall–Kier alpha value is -1.55. The lowest BCUT2D eigenvalue weighted by Gasteiger charge is -2.08. The third-order valence-electron chi connectivity index (χ3n) is 1.89. The predicted octanol–water partition coefficient (Wildman–Crippen LogP) is 0.326. The number of quaternary nitrogens is 1. The Kier molecular flexibility index (Phi) is 3.94. The highest BCUT2D eigenvalue weighted by molar-refractivity contribution is 5.66.